The van der Waals surface area contributed by atoms with Crippen molar-refractivity contribution in [1.29, 1.82) is 0 Å². The molecule has 2 amide bonds. The second-order valence-electron chi connectivity index (χ2n) is 7.57. The van der Waals surface area contributed by atoms with E-state index in [1.807, 2.05) is 0 Å². The third-order valence-electron chi connectivity index (χ3n) is 5.26. The zero-order valence-corrected chi connectivity index (χ0v) is 21.4. The molecular formula is C23H13BrCl4F2N2O2. The van der Waals surface area contributed by atoms with Crippen molar-refractivity contribution >= 4 is 85.5 Å². The van der Waals surface area contributed by atoms with Crippen LogP contribution in [0.1, 0.15) is 21.8 Å². The zero-order chi connectivity index (χ0) is 24.8. The lowest BCUT2D eigenvalue weighted by Crippen LogP contribution is -2.18. The maximum absolute atomic E-state index is 13.9. The quantitative estimate of drug-likeness (QED) is 0.290. The van der Waals surface area contributed by atoms with Gasteiger partial charge in [0.1, 0.15) is 21.1 Å². The van der Waals surface area contributed by atoms with Gasteiger partial charge in [0.25, 0.3) is 5.91 Å². The molecule has 0 spiro atoms. The lowest BCUT2D eigenvalue weighted by Gasteiger charge is -2.11. The summed E-state index contributed by atoms with van der Waals surface area (Å²) in [5.74, 6) is -4.25. The third kappa shape index (κ3) is 5.04. The van der Waals surface area contributed by atoms with E-state index in [0.717, 1.165) is 12.1 Å². The highest BCUT2D eigenvalue weighted by Gasteiger charge is 2.67. The minimum absolute atomic E-state index is 0.0253. The monoisotopic (exact) mass is 606 g/mol. The molecule has 1 unspecified atom stereocenters. The van der Waals surface area contributed by atoms with Gasteiger partial charge in [-0.2, -0.15) is 0 Å². The van der Waals surface area contributed by atoms with Crippen molar-refractivity contribution in [2.24, 2.45) is 5.92 Å². The number of hydrogen-bond acceptors (Lipinski definition) is 2. The second kappa shape index (κ2) is 9.63. The average Bonchev–Trinajstić information content (AvgIpc) is 3.33. The molecule has 0 heterocycles. The van der Waals surface area contributed by atoms with Gasteiger partial charge in [0, 0.05) is 21.7 Å². The molecule has 4 rings (SSSR count). The topological polar surface area (TPSA) is 58.2 Å². The fraction of sp³-hybridized carbons (Fsp3) is 0.130. The number of alkyl halides is 2. The van der Waals surface area contributed by atoms with Crippen molar-refractivity contribution < 1.29 is 18.4 Å². The summed E-state index contributed by atoms with van der Waals surface area (Å²) in [5.41, 5.74) is 0.230. The van der Waals surface area contributed by atoms with Gasteiger partial charge in [-0.15, -0.1) is 11.6 Å². The van der Waals surface area contributed by atoms with Gasteiger partial charge in [-0.25, -0.2) is 8.78 Å². The van der Waals surface area contributed by atoms with Crippen LogP contribution in [0.2, 0.25) is 15.1 Å². The van der Waals surface area contributed by atoms with Crippen LogP contribution < -0.4 is 10.6 Å². The number of para-hydroxylation sites is 1. The highest BCUT2D eigenvalue weighted by Crippen LogP contribution is 2.66. The van der Waals surface area contributed by atoms with Crippen molar-refractivity contribution in [3.8, 4) is 0 Å². The molecule has 3 aromatic carbocycles. The molecule has 0 bridgehead atoms. The van der Waals surface area contributed by atoms with Crippen LogP contribution in [0, 0.1) is 17.6 Å². The van der Waals surface area contributed by atoms with Gasteiger partial charge in [0.15, 0.2) is 0 Å². The van der Waals surface area contributed by atoms with E-state index >= 15 is 0 Å². The number of halogens is 7. The van der Waals surface area contributed by atoms with Crippen LogP contribution in [0.4, 0.5) is 20.2 Å². The fourth-order valence-corrected chi connectivity index (χ4v) is 5.65. The summed E-state index contributed by atoms with van der Waals surface area (Å²) < 4.78 is 26.7. The SMILES string of the molecule is O=C(Nc1c(F)cccc1F)c1cc(NC(=O)[C@@H]2C(c3cc(Cl)cc(Cl)c3)[C@]2(Cl)Br)ccc1Cl. The maximum atomic E-state index is 13.9. The van der Waals surface area contributed by atoms with Crippen molar-refractivity contribution in [2.75, 3.05) is 10.6 Å². The predicted molar refractivity (Wildman–Crippen MR) is 135 cm³/mol. The lowest BCUT2D eigenvalue weighted by atomic mass is 10.1. The van der Waals surface area contributed by atoms with E-state index in [9.17, 15) is 18.4 Å². The van der Waals surface area contributed by atoms with Gasteiger partial charge in [0.2, 0.25) is 5.91 Å². The highest BCUT2D eigenvalue weighted by atomic mass is 79.9. The molecule has 1 saturated carbocycles. The molecule has 11 heteroatoms. The summed E-state index contributed by atoms with van der Waals surface area (Å²) in [4.78, 5) is 25.6. The predicted octanol–water partition coefficient (Wildman–Crippen LogP) is 7.86. The number of rotatable bonds is 5. The lowest BCUT2D eigenvalue weighted by molar-refractivity contribution is -0.117. The van der Waals surface area contributed by atoms with Crippen LogP contribution in [0.5, 0.6) is 0 Å². The molecule has 1 aliphatic rings. The minimum atomic E-state index is -1.06. The normalized spacial score (nSPS) is 21.1. The Morgan fingerprint density at radius 2 is 1.53 bits per heavy atom. The van der Waals surface area contributed by atoms with Gasteiger partial charge in [-0.05, 0) is 54.1 Å². The third-order valence-corrected chi connectivity index (χ3v) is 7.48. The number of amides is 2. The molecule has 0 aliphatic heterocycles. The molecule has 1 aliphatic carbocycles. The van der Waals surface area contributed by atoms with E-state index < -0.39 is 44.8 Å². The van der Waals surface area contributed by atoms with Gasteiger partial charge >= 0.3 is 0 Å². The number of anilines is 2. The van der Waals surface area contributed by atoms with E-state index in [1.54, 1.807) is 18.2 Å². The molecule has 3 atom stereocenters. The van der Waals surface area contributed by atoms with E-state index in [4.69, 9.17) is 46.4 Å². The Morgan fingerprint density at radius 1 is 0.912 bits per heavy atom. The van der Waals surface area contributed by atoms with Gasteiger partial charge < -0.3 is 10.6 Å². The molecule has 2 N–H and O–H groups in total. The fourth-order valence-electron chi connectivity index (χ4n) is 3.62. The Hall–Kier alpha value is -1.90. The highest BCUT2D eigenvalue weighted by molar-refractivity contribution is 9.10. The van der Waals surface area contributed by atoms with Crippen LogP contribution >= 0.6 is 62.3 Å². The molecule has 0 aromatic heterocycles. The van der Waals surface area contributed by atoms with Crippen LogP contribution in [0.15, 0.2) is 54.6 Å². The van der Waals surface area contributed by atoms with Crippen LogP contribution in [-0.2, 0) is 4.79 Å². The average molecular weight is 609 g/mol. The molecule has 0 saturated heterocycles. The van der Waals surface area contributed by atoms with Crippen LogP contribution in [0.3, 0.4) is 0 Å². The first kappa shape index (κ1) is 25.2. The summed E-state index contributed by atoms with van der Waals surface area (Å²) in [6, 6.07) is 12.3. The first-order valence-electron chi connectivity index (χ1n) is 9.68. The number of hydrogen-bond donors (Lipinski definition) is 2. The molecule has 34 heavy (non-hydrogen) atoms. The van der Waals surface area contributed by atoms with Crippen molar-refractivity contribution in [3.05, 3.63) is 92.4 Å². The first-order chi connectivity index (χ1) is 16.0. The number of carbonyl (C=O) groups is 2. The first-order valence-corrected chi connectivity index (χ1v) is 12.0. The summed E-state index contributed by atoms with van der Waals surface area (Å²) in [6.07, 6.45) is 0. The largest absolute Gasteiger partial charge is 0.326 e. The summed E-state index contributed by atoms with van der Waals surface area (Å²) in [5, 5.41) is 5.70. The van der Waals surface area contributed by atoms with Gasteiger partial charge in [-0.1, -0.05) is 56.8 Å². The number of nitrogens with one attached hydrogen (secondary N) is 2. The Balaban J connectivity index is 1.53. The van der Waals surface area contributed by atoms with Gasteiger partial charge in [0.05, 0.1) is 16.5 Å². The van der Waals surface area contributed by atoms with Crippen molar-refractivity contribution in [1.82, 2.24) is 0 Å². The van der Waals surface area contributed by atoms with Crippen LogP contribution in [-0.4, -0.2) is 15.6 Å². The summed E-state index contributed by atoms with van der Waals surface area (Å²) >= 11 is 28.1. The van der Waals surface area contributed by atoms with E-state index in [0.29, 0.717) is 15.6 Å². The van der Waals surface area contributed by atoms with Crippen molar-refractivity contribution in [3.63, 3.8) is 0 Å². The van der Waals surface area contributed by atoms with Gasteiger partial charge in [-0.3, -0.25) is 9.59 Å². The molecule has 1 fully saturated rings. The van der Waals surface area contributed by atoms with E-state index in [1.165, 1.54) is 24.3 Å². The van der Waals surface area contributed by atoms with Crippen molar-refractivity contribution in [2.45, 2.75) is 9.70 Å². The standard InChI is InChI=1S/C23H13BrCl4F2N2O2/c24-23(28)18(10-6-11(25)8-12(26)7-10)19(23)22(34)31-13-4-5-15(27)14(9-13)21(33)32-20-16(29)2-1-3-17(20)30/h1-9,18-19H,(H,31,34)(H,32,33)/t18?,19-,23+/m0/s1. The molecule has 3 aromatic rings. The molecule has 4 nitrogen and oxygen atoms in total. The van der Waals surface area contributed by atoms with E-state index in [-0.39, 0.29) is 16.3 Å². The number of carbonyl (C=O) groups excluding carboxylic acids is 2. The molecule has 0 radical (unpaired) electrons. The Kier molecular flexibility index (Phi) is 7.14. The zero-order valence-electron chi connectivity index (χ0n) is 16.8. The molecule has 176 valence electrons. The summed E-state index contributed by atoms with van der Waals surface area (Å²) in [7, 11) is 0. The smallest absolute Gasteiger partial charge is 0.257 e. The number of benzene rings is 3. The molecular weight excluding hydrogens is 596 g/mol. The van der Waals surface area contributed by atoms with E-state index in [2.05, 4.69) is 26.6 Å². The van der Waals surface area contributed by atoms with Crippen LogP contribution in [0.25, 0.3) is 0 Å². The Bertz CT molecular complexity index is 1280. The second-order valence-corrected chi connectivity index (χ2v) is 11.2. The Morgan fingerprint density at radius 3 is 2.15 bits per heavy atom. The maximum Gasteiger partial charge on any atom is 0.257 e. The minimum Gasteiger partial charge on any atom is -0.326 e. The summed E-state index contributed by atoms with van der Waals surface area (Å²) in [6.45, 7) is 0. The Labute approximate surface area is 221 Å².